The Morgan fingerprint density at radius 2 is 2.05 bits per heavy atom. The van der Waals surface area contributed by atoms with Crippen LogP contribution in [0.3, 0.4) is 0 Å². The fraction of sp³-hybridized carbons (Fsp3) is 0.462. The minimum absolute atomic E-state index is 0.145. The van der Waals surface area contributed by atoms with Crippen LogP contribution in [0.25, 0.3) is 0 Å². The predicted molar refractivity (Wildman–Crippen MR) is 79.6 cm³/mol. The molecule has 0 aliphatic carbocycles. The quantitative estimate of drug-likeness (QED) is 0.766. The van der Waals surface area contributed by atoms with Gasteiger partial charge in [0.05, 0.1) is 25.7 Å². The summed E-state index contributed by atoms with van der Waals surface area (Å²) in [4.78, 5) is 13.6. The van der Waals surface area contributed by atoms with Crippen molar-refractivity contribution in [3.63, 3.8) is 0 Å². The number of amides is 1. The first-order chi connectivity index (χ1) is 9.85. The molecule has 1 fully saturated rings. The molecule has 2 rings (SSSR count). The van der Waals surface area contributed by atoms with E-state index in [0.717, 1.165) is 0 Å². The number of para-hydroxylation sites is 1. The first kappa shape index (κ1) is 15.9. The lowest BCUT2D eigenvalue weighted by atomic mass is 10.1. The van der Waals surface area contributed by atoms with Gasteiger partial charge in [-0.25, -0.2) is 8.42 Å². The van der Waals surface area contributed by atoms with Crippen molar-refractivity contribution in [1.82, 2.24) is 0 Å². The minimum atomic E-state index is -3.63. The topological polar surface area (TPSA) is 72.9 Å². The largest absolute Gasteiger partial charge is 0.493 e. The summed E-state index contributed by atoms with van der Waals surface area (Å²) in [6, 6.07) is 5.20. The zero-order valence-electron chi connectivity index (χ0n) is 11.7. The third-order valence-corrected chi connectivity index (χ3v) is 4.56. The molecule has 1 aromatic carbocycles. The van der Waals surface area contributed by atoms with E-state index in [9.17, 15) is 13.2 Å². The van der Waals surface area contributed by atoms with Crippen LogP contribution < -0.4 is 14.4 Å². The molecule has 21 heavy (non-hydrogen) atoms. The van der Waals surface area contributed by atoms with Gasteiger partial charge in [-0.05, 0) is 12.1 Å². The number of halogens is 1. The highest BCUT2D eigenvalue weighted by Crippen LogP contribution is 2.39. The summed E-state index contributed by atoms with van der Waals surface area (Å²) in [7, 11) is 4.63. The van der Waals surface area contributed by atoms with E-state index in [1.807, 2.05) is 0 Å². The fourth-order valence-corrected chi connectivity index (χ4v) is 3.81. The third kappa shape index (κ3) is 3.59. The highest BCUT2D eigenvalue weighted by molar-refractivity contribution is 8.13. The molecule has 116 valence electrons. The van der Waals surface area contributed by atoms with Crippen LogP contribution in [-0.4, -0.2) is 40.8 Å². The lowest BCUT2D eigenvalue weighted by Gasteiger charge is -2.21. The Bertz CT molecular complexity index is 646. The Kier molecular flexibility index (Phi) is 4.63. The molecule has 1 aliphatic rings. The van der Waals surface area contributed by atoms with Gasteiger partial charge in [-0.2, -0.15) is 0 Å². The number of nitrogens with zero attached hydrogens (tertiary/aromatic N) is 1. The molecular formula is C13H16ClNO5S. The number of benzene rings is 1. The van der Waals surface area contributed by atoms with Gasteiger partial charge in [0.15, 0.2) is 11.5 Å². The maximum Gasteiger partial charge on any atom is 0.232 e. The molecule has 0 N–H and O–H groups in total. The molecule has 0 bridgehead atoms. The van der Waals surface area contributed by atoms with Gasteiger partial charge >= 0.3 is 0 Å². The number of hydrogen-bond acceptors (Lipinski definition) is 5. The molecule has 1 aromatic rings. The number of ether oxygens (including phenoxy) is 2. The molecule has 1 aliphatic heterocycles. The van der Waals surface area contributed by atoms with Crippen LogP contribution >= 0.6 is 10.7 Å². The fourth-order valence-electron chi connectivity index (χ4n) is 2.49. The molecule has 1 amide bonds. The third-order valence-electron chi connectivity index (χ3n) is 3.31. The van der Waals surface area contributed by atoms with Gasteiger partial charge in [0.1, 0.15) is 0 Å². The first-order valence-electron chi connectivity index (χ1n) is 6.29. The standard InChI is InChI=1S/C13H16ClNO5S/c1-19-11-5-3-4-10(13(11)20-2)15-7-9(6-12(15)16)8-21(14,17)18/h3-5,9H,6-8H2,1-2H3. The van der Waals surface area contributed by atoms with Gasteiger partial charge in [0.25, 0.3) is 0 Å². The smallest absolute Gasteiger partial charge is 0.232 e. The Labute approximate surface area is 128 Å². The Morgan fingerprint density at radius 3 is 2.62 bits per heavy atom. The molecule has 1 unspecified atom stereocenters. The van der Waals surface area contributed by atoms with Gasteiger partial charge in [0.2, 0.25) is 15.0 Å². The molecule has 1 heterocycles. The van der Waals surface area contributed by atoms with Crippen molar-refractivity contribution < 1.29 is 22.7 Å². The van der Waals surface area contributed by atoms with E-state index in [1.165, 1.54) is 19.1 Å². The second-order valence-corrected chi connectivity index (χ2v) is 7.61. The molecule has 0 aromatic heterocycles. The predicted octanol–water partition coefficient (Wildman–Crippen LogP) is 1.63. The van der Waals surface area contributed by atoms with Crippen LogP contribution in [0.15, 0.2) is 18.2 Å². The highest BCUT2D eigenvalue weighted by Gasteiger charge is 2.34. The SMILES string of the molecule is COc1cccc(N2CC(CS(=O)(=O)Cl)CC2=O)c1OC. The molecular weight excluding hydrogens is 318 g/mol. The van der Waals surface area contributed by atoms with Crippen LogP contribution in [0.2, 0.25) is 0 Å². The number of carbonyl (C=O) groups excluding carboxylic acids is 1. The van der Waals surface area contributed by atoms with Crippen molar-refractivity contribution >= 4 is 31.3 Å². The summed E-state index contributed by atoms with van der Waals surface area (Å²) in [5, 5.41) is 0. The van der Waals surface area contributed by atoms with Crippen molar-refractivity contribution in [1.29, 1.82) is 0 Å². The van der Waals surface area contributed by atoms with Crippen molar-refractivity contribution in [2.45, 2.75) is 6.42 Å². The van der Waals surface area contributed by atoms with Crippen molar-refractivity contribution in [2.24, 2.45) is 5.92 Å². The lowest BCUT2D eigenvalue weighted by molar-refractivity contribution is -0.117. The molecule has 0 radical (unpaired) electrons. The molecule has 0 spiro atoms. The summed E-state index contributed by atoms with van der Waals surface area (Å²) >= 11 is 0. The van der Waals surface area contributed by atoms with Gasteiger partial charge in [-0.1, -0.05) is 6.07 Å². The van der Waals surface area contributed by atoms with Crippen molar-refractivity contribution in [3.8, 4) is 11.5 Å². The summed E-state index contributed by atoms with van der Waals surface area (Å²) in [6.45, 7) is 0.286. The van der Waals surface area contributed by atoms with E-state index in [0.29, 0.717) is 17.2 Å². The summed E-state index contributed by atoms with van der Waals surface area (Å²) < 4.78 is 32.8. The Morgan fingerprint density at radius 1 is 1.33 bits per heavy atom. The zero-order valence-corrected chi connectivity index (χ0v) is 13.3. The zero-order chi connectivity index (χ0) is 15.6. The maximum absolute atomic E-state index is 12.1. The molecule has 0 saturated carbocycles. The summed E-state index contributed by atoms with van der Waals surface area (Å²) in [6.07, 6.45) is 0.145. The molecule has 6 nitrogen and oxygen atoms in total. The van der Waals surface area contributed by atoms with Crippen LogP contribution in [0.1, 0.15) is 6.42 Å². The van der Waals surface area contributed by atoms with E-state index in [2.05, 4.69) is 0 Å². The van der Waals surface area contributed by atoms with Crippen molar-refractivity contribution in [3.05, 3.63) is 18.2 Å². The number of carbonyl (C=O) groups is 1. The molecule has 1 saturated heterocycles. The summed E-state index contributed by atoms with van der Waals surface area (Å²) in [5.41, 5.74) is 0.566. The molecule has 8 heteroatoms. The summed E-state index contributed by atoms with van der Waals surface area (Å²) in [5.74, 6) is 0.255. The Balaban J connectivity index is 2.29. The van der Waals surface area contributed by atoms with E-state index >= 15 is 0 Å². The van der Waals surface area contributed by atoms with E-state index < -0.39 is 9.05 Å². The van der Waals surface area contributed by atoms with E-state index in [4.69, 9.17) is 20.2 Å². The van der Waals surface area contributed by atoms with Crippen LogP contribution in [0.5, 0.6) is 11.5 Å². The monoisotopic (exact) mass is 333 g/mol. The maximum atomic E-state index is 12.1. The average molecular weight is 334 g/mol. The number of methoxy groups -OCH3 is 2. The van der Waals surface area contributed by atoms with Gasteiger partial charge in [0, 0.05) is 29.6 Å². The molecule has 1 atom stereocenters. The van der Waals surface area contributed by atoms with Gasteiger partial charge < -0.3 is 14.4 Å². The van der Waals surface area contributed by atoms with Crippen LogP contribution in [-0.2, 0) is 13.8 Å². The van der Waals surface area contributed by atoms with Crippen LogP contribution in [0, 0.1) is 5.92 Å². The second kappa shape index (κ2) is 6.11. The number of rotatable bonds is 5. The highest BCUT2D eigenvalue weighted by atomic mass is 35.7. The van der Waals surface area contributed by atoms with E-state index in [1.54, 1.807) is 18.2 Å². The van der Waals surface area contributed by atoms with Gasteiger partial charge in [-0.15, -0.1) is 0 Å². The van der Waals surface area contributed by atoms with Crippen LogP contribution in [0.4, 0.5) is 5.69 Å². The second-order valence-electron chi connectivity index (χ2n) is 4.79. The van der Waals surface area contributed by atoms with Gasteiger partial charge in [-0.3, -0.25) is 4.79 Å². The van der Waals surface area contributed by atoms with E-state index in [-0.39, 0.29) is 30.5 Å². The van der Waals surface area contributed by atoms with Crippen molar-refractivity contribution in [2.75, 3.05) is 31.4 Å². The Hall–Kier alpha value is -1.47. The lowest BCUT2D eigenvalue weighted by Crippen LogP contribution is -2.25. The normalized spacial score (nSPS) is 18.9. The average Bonchev–Trinajstić information content (AvgIpc) is 2.75. The minimum Gasteiger partial charge on any atom is -0.493 e. The first-order valence-corrected chi connectivity index (χ1v) is 8.77. The number of anilines is 1. The number of hydrogen-bond donors (Lipinski definition) is 0.